The number of ketones is 1. The molecule has 7 heteroatoms. The minimum Gasteiger partial charge on any atom is -0.298 e. The van der Waals surface area contributed by atoms with E-state index >= 15 is 0 Å². The van der Waals surface area contributed by atoms with Crippen molar-refractivity contribution < 1.29 is 18.0 Å². The zero-order valence-corrected chi connectivity index (χ0v) is 11.9. The third-order valence-corrected chi connectivity index (χ3v) is 3.99. The Labute approximate surface area is 116 Å². The number of hydrogen-bond acceptors (Lipinski definition) is 3. The topological polar surface area (TPSA) is 17.1 Å². The van der Waals surface area contributed by atoms with Gasteiger partial charge in [-0.05, 0) is 48.7 Å². The van der Waals surface area contributed by atoms with E-state index < -0.39 is 10.9 Å². The summed E-state index contributed by atoms with van der Waals surface area (Å²) in [7, 11) is 0. The van der Waals surface area contributed by atoms with E-state index in [1.165, 1.54) is 30.8 Å². The summed E-state index contributed by atoms with van der Waals surface area (Å²) in [6, 6.07) is 4.36. The van der Waals surface area contributed by atoms with Crippen LogP contribution in [-0.2, 0) is 4.79 Å². The summed E-state index contributed by atoms with van der Waals surface area (Å²) < 4.78 is 37.0. The van der Waals surface area contributed by atoms with Crippen molar-refractivity contribution in [3.63, 3.8) is 0 Å². The van der Waals surface area contributed by atoms with E-state index in [0.29, 0.717) is 10.5 Å². The number of alkyl halides is 4. The van der Waals surface area contributed by atoms with Gasteiger partial charge in [0.15, 0.2) is 5.78 Å². The fourth-order valence-electron chi connectivity index (χ4n) is 1.29. The van der Waals surface area contributed by atoms with Crippen LogP contribution in [0.15, 0.2) is 28.0 Å². The van der Waals surface area contributed by atoms with Crippen LogP contribution in [0.4, 0.5) is 13.2 Å². The molecular formula is C11H10ClF3OS2. The molecule has 0 saturated carbocycles. The normalized spacial score (nSPS) is 13.4. The highest BCUT2D eigenvalue weighted by Gasteiger charge is 2.30. The van der Waals surface area contributed by atoms with Crippen LogP contribution in [0.3, 0.4) is 0 Å². The summed E-state index contributed by atoms with van der Waals surface area (Å²) >= 11 is 6.96. The predicted molar refractivity (Wildman–Crippen MR) is 69.4 cm³/mol. The zero-order valence-electron chi connectivity index (χ0n) is 9.55. The van der Waals surface area contributed by atoms with Crippen LogP contribution < -0.4 is 0 Å². The molecule has 100 valence electrons. The fraction of sp³-hybridized carbons (Fsp3) is 0.364. The largest absolute Gasteiger partial charge is 0.446 e. The number of Topliss-reactive ketones (excluding diaryl/α,β-unsaturated/α-hetero) is 1. The van der Waals surface area contributed by atoms with Gasteiger partial charge in [0.2, 0.25) is 0 Å². The fourth-order valence-corrected chi connectivity index (χ4v) is 2.63. The summed E-state index contributed by atoms with van der Waals surface area (Å²) in [4.78, 5) is 11.9. The van der Waals surface area contributed by atoms with Gasteiger partial charge in [0.1, 0.15) is 5.38 Å². The molecule has 0 bridgehead atoms. The quantitative estimate of drug-likeness (QED) is 0.582. The van der Waals surface area contributed by atoms with Crippen molar-refractivity contribution in [1.82, 2.24) is 0 Å². The highest BCUT2D eigenvalue weighted by Crippen LogP contribution is 2.39. The van der Waals surface area contributed by atoms with Crippen LogP contribution in [-0.4, -0.2) is 17.5 Å². The Morgan fingerprint density at radius 2 is 1.83 bits per heavy atom. The Balaban J connectivity index is 3.13. The zero-order chi connectivity index (χ0) is 13.9. The van der Waals surface area contributed by atoms with Gasteiger partial charge in [0, 0.05) is 9.79 Å². The minimum atomic E-state index is -4.35. The molecule has 0 amide bonds. The monoisotopic (exact) mass is 314 g/mol. The molecule has 1 aromatic carbocycles. The number of halogens is 4. The molecule has 0 spiro atoms. The van der Waals surface area contributed by atoms with E-state index in [1.54, 1.807) is 12.3 Å². The Bertz CT molecular complexity index is 448. The molecule has 0 N–H and O–H groups in total. The molecule has 1 aromatic rings. The molecule has 0 heterocycles. The van der Waals surface area contributed by atoms with Crippen molar-refractivity contribution in [3.05, 3.63) is 23.8 Å². The van der Waals surface area contributed by atoms with Gasteiger partial charge in [-0.1, -0.05) is 0 Å². The maximum Gasteiger partial charge on any atom is 0.446 e. The molecule has 1 nitrogen and oxygen atoms in total. The van der Waals surface area contributed by atoms with Crippen LogP contribution in [0.1, 0.15) is 17.9 Å². The highest BCUT2D eigenvalue weighted by atomic mass is 35.5. The standard InChI is InChI=1S/C11H10ClF3OS2/c1-6(16)10(12)7-3-8(17-2)5-9(4-7)18-11(13,14)15/h3-5,10H,1-2H3. The molecule has 0 radical (unpaired) electrons. The molecule has 0 aliphatic heterocycles. The smallest absolute Gasteiger partial charge is 0.298 e. The van der Waals surface area contributed by atoms with Crippen LogP contribution in [0, 0.1) is 0 Å². The van der Waals surface area contributed by atoms with Gasteiger partial charge < -0.3 is 0 Å². The summed E-state index contributed by atoms with van der Waals surface area (Å²) in [5, 5.41) is -0.912. The number of carbonyl (C=O) groups is 1. The lowest BCUT2D eigenvalue weighted by Gasteiger charge is -2.12. The molecule has 1 atom stereocenters. The van der Waals surface area contributed by atoms with E-state index in [4.69, 9.17) is 11.6 Å². The van der Waals surface area contributed by atoms with Crippen molar-refractivity contribution in [3.8, 4) is 0 Å². The number of carbonyl (C=O) groups excluding carboxylic acids is 1. The molecular weight excluding hydrogens is 305 g/mol. The van der Waals surface area contributed by atoms with Crippen LogP contribution in [0.2, 0.25) is 0 Å². The second kappa shape index (κ2) is 6.21. The van der Waals surface area contributed by atoms with Gasteiger partial charge in [-0.15, -0.1) is 23.4 Å². The summed E-state index contributed by atoms with van der Waals surface area (Å²) in [6.07, 6.45) is 1.75. The number of hydrogen-bond donors (Lipinski definition) is 0. The number of thioether (sulfide) groups is 2. The maximum atomic E-state index is 12.3. The molecule has 0 saturated heterocycles. The molecule has 1 unspecified atom stereocenters. The van der Waals surface area contributed by atoms with E-state index in [0.717, 1.165) is 0 Å². The van der Waals surface area contributed by atoms with Crippen molar-refractivity contribution in [2.75, 3.05) is 6.26 Å². The van der Waals surface area contributed by atoms with Crippen molar-refractivity contribution in [2.45, 2.75) is 27.6 Å². The van der Waals surface area contributed by atoms with Crippen molar-refractivity contribution in [2.24, 2.45) is 0 Å². The Morgan fingerprint density at radius 3 is 2.28 bits per heavy atom. The maximum absolute atomic E-state index is 12.3. The average Bonchev–Trinajstić information content (AvgIpc) is 2.24. The molecule has 0 fully saturated rings. The van der Waals surface area contributed by atoms with Gasteiger partial charge in [-0.25, -0.2) is 0 Å². The molecule has 0 aromatic heterocycles. The van der Waals surface area contributed by atoms with Gasteiger partial charge >= 0.3 is 5.51 Å². The number of rotatable bonds is 4. The first kappa shape index (κ1) is 15.7. The van der Waals surface area contributed by atoms with Gasteiger partial charge in [-0.3, -0.25) is 4.79 Å². The Kier molecular flexibility index (Phi) is 5.43. The van der Waals surface area contributed by atoms with Gasteiger partial charge in [0.05, 0.1) is 0 Å². The minimum absolute atomic E-state index is 0.0382. The Morgan fingerprint density at radius 1 is 1.28 bits per heavy atom. The molecule has 0 aliphatic rings. The predicted octanol–water partition coefficient (Wildman–Crippen LogP) is 4.89. The number of benzene rings is 1. The van der Waals surface area contributed by atoms with E-state index in [-0.39, 0.29) is 22.4 Å². The lowest BCUT2D eigenvalue weighted by molar-refractivity contribution is -0.116. The van der Waals surface area contributed by atoms with Gasteiger partial charge in [0.25, 0.3) is 0 Å². The lowest BCUT2D eigenvalue weighted by atomic mass is 10.1. The van der Waals surface area contributed by atoms with Gasteiger partial charge in [-0.2, -0.15) is 13.2 Å². The van der Waals surface area contributed by atoms with Crippen molar-refractivity contribution in [1.29, 1.82) is 0 Å². The first-order valence-electron chi connectivity index (χ1n) is 4.82. The second-order valence-electron chi connectivity index (χ2n) is 3.46. The lowest BCUT2D eigenvalue weighted by Crippen LogP contribution is -2.03. The third kappa shape index (κ3) is 4.74. The first-order chi connectivity index (χ1) is 8.23. The van der Waals surface area contributed by atoms with E-state index in [1.807, 2.05) is 0 Å². The van der Waals surface area contributed by atoms with Crippen LogP contribution in [0.25, 0.3) is 0 Å². The summed E-state index contributed by atoms with van der Waals surface area (Å²) in [5.41, 5.74) is -3.96. The summed E-state index contributed by atoms with van der Waals surface area (Å²) in [5.74, 6) is -0.294. The third-order valence-electron chi connectivity index (χ3n) is 2.02. The first-order valence-corrected chi connectivity index (χ1v) is 7.30. The molecule has 18 heavy (non-hydrogen) atoms. The van der Waals surface area contributed by atoms with E-state index in [2.05, 4.69) is 0 Å². The Hall–Kier alpha value is -0.330. The highest BCUT2D eigenvalue weighted by molar-refractivity contribution is 8.00. The van der Waals surface area contributed by atoms with E-state index in [9.17, 15) is 18.0 Å². The second-order valence-corrected chi connectivity index (χ2v) is 5.92. The van der Waals surface area contributed by atoms with Crippen molar-refractivity contribution >= 4 is 40.9 Å². The SMILES string of the molecule is CSc1cc(SC(F)(F)F)cc(C(Cl)C(C)=O)c1. The molecule has 0 aliphatic carbocycles. The van der Waals surface area contributed by atoms with Crippen LogP contribution >= 0.6 is 35.1 Å². The summed E-state index contributed by atoms with van der Waals surface area (Å²) in [6.45, 7) is 1.31. The molecule has 1 rings (SSSR count). The average molecular weight is 315 g/mol. The van der Waals surface area contributed by atoms with Crippen LogP contribution in [0.5, 0.6) is 0 Å².